The van der Waals surface area contributed by atoms with Crippen LogP contribution in [0, 0.1) is 11.8 Å². The molecule has 1 aromatic carbocycles. The van der Waals surface area contributed by atoms with E-state index < -0.39 is 8.07 Å². The summed E-state index contributed by atoms with van der Waals surface area (Å²) in [7, 11) is -1.59. The summed E-state index contributed by atoms with van der Waals surface area (Å²) in [6.45, 7) is 21.4. The molecule has 3 heterocycles. The Bertz CT molecular complexity index is 1550. The molecule has 6 rings (SSSR count). The number of nitrogens with zero attached hydrogens (tertiary/aromatic N) is 2. The van der Waals surface area contributed by atoms with E-state index in [0.29, 0.717) is 23.8 Å². The first-order valence-corrected chi connectivity index (χ1v) is 22.2. The molecule has 2 aromatic heterocycles. The molecule has 0 saturated heterocycles. The Balaban J connectivity index is 1.44. The highest BCUT2D eigenvalue weighted by Gasteiger charge is 2.43. The summed E-state index contributed by atoms with van der Waals surface area (Å²) < 4.78 is 5.15. The molecule has 3 aromatic rings. The zero-order valence-electron chi connectivity index (χ0n) is 29.7. The van der Waals surface area contributed by atoms with Crippen LogP contribution in [0.4, 0.5) is 0 Å². The van der Waals surface area contributed by atoms with Crippen molar-refractivity contribution in [3.05, 3.63) is 96.5 Å². The second-order valence-corrected chi connectivity index (χ2v) is 21.5. The standard InChI is InChI=1S/C43H60N2Si/c1-8-15-36-28-34(27-33-16-9-10-17-33)24-25-44(36)32(4)26-41-39(23-22-31(2)3)37-20-13-14-21-38(37)42-29-40(35-18-11-12-19-35)43(30-45(41)42)46(5,6)7/h8,13-14,20-21,24-25,28-31,33,35,39,41H,1,4,9-12,15-19,22-23,26-27H2,2-3,5-7H3/q+2. The maximum absolute atomic E-state index is 4.83. The van der Waals surface area contributed by atoms with Crippen LogP contribution in [0.5, 0.6) is 0 Å². The smallest absolute Gasteiger partial charge is 0.194 e. The average molecular weight is 633 g/mol. The minimum Gasteiger partial charge on any atom is -0.194 e. The van der Waals surface area contributed by atoms with Crippen LogP contribution in [0.2, 0.25) is 19.6 Å². The van der Waals surface area contributed by atoms with Crippen LogP contribution < -0.4 is 14.3 Å². The minimum absolute atomic E-state index is 0.339. The summed E-state index contributed by atoms with van der Waals surface area (Å²) >= 11 is 0. The van der Waals surface area contributed by atoms with Gasteiger partial charge in [0.05, 0.1) is 20.9 Å². The Morgan fingerprint density at radius 2 is 1.67 bits per heavy atom. The van der Waals surface area contributed by atoms with Crippen LogP contribution in [0.15, 0.2) is 74.1 Å². The molecule has 0 spiro atoms. The molecule has 0 bridgehead atoms. The van der Waals surface area contributed by atoms with E-state index in [1.165, 1.54) is 98.8 Å². The summed E-state index contributed by atoms with van der Waals surface area (Å²) in [6.07, 6.45) is 23.5. The summed E-state index contributed by atoms with van der Waals surface area (Å²) in [6, 6.07) is 17.2. The second kappa shape index (κ2) is 14.1. The lowest BCUT2D eigenvalue weighted by atomic mass is 9.77. The zero-order valence-corrected chi connectivity index (χ0v) is 30.7. The van der Waals surface area contributed by atoms with E-state index >= 15 is 0 Å². The van der Waals surface area contributed by atoms with Crippen LogP contribution in [-0.2, 0) is 12.8 Å². The van der Waals surface area contributed by atoms with Gasteiger partial charge in [-0.2, -0.15) is 9.13 Å². The minimum atomic E-state index is -1.59. The Morgan fingerprint density at radius 1 is 0.957 bits per heavy atom. The van der Waals surface area contributed by atoms with Crippen molar-refractivity contribution in [2.75, 3.05) is 0 Å². The molecule has 46 heavy (non-hydrogen) atoms. The average Bonchev–Trinajstić information content (AvgIpc) is 3.75. The number of rotatable bonds is 12. The molecule has 0 amide bonds. The van der Waals surface area contributed by atoms with Crippen molar-refractivity contribution in [1.82, 2.24) is 0 Å². The Labute approximate surface area is 281 Å². The van der Waals surface area contributed by atoms with E-state index in [2.05, 4.69) is 110 Å². The normalized spacial score (nSPS) is 20.2. The summed E-state index contributed by atoms with van der Waals surface area (Å²) in [5, 5.41) is 1.68. The van der Waals surface area contributed by atoms with Gasteiger partial charge in [0.25, 0.3) is 0 Å². The third kappa shape index (κ3) is 7.05. The van der Waals surface area contributed by atoms with Crippen LogP contribution in [0.25, 0.3) is 17.0 Å². The van der Waals surface area contributed by atoms with E-state index in [-0.39, 0.29) is 0 Å². The first-order chi connectivity index (χ1) is 22.1. The van der Waals surface area contributed by atoms with Crippen molar-refractivity contribution in [2.24, 2.45) is 11.8 Å². The van der Waals surface area contributed by atoms with Gasteiger partial charge in [0.1, 0.15) is 0 Å². The van der Waals surface area contributed by atoms with E-state index in [4.69, 9.17) is 6.58 Å². The van der Waals surface area contributed by atoms with Crippen LogP contribution in [0.1, 0.15) is 125 Å². The molecular formula is C43H60N2Si+2. The van der Waals surface area contributed by atoms with Crippen molar-refractivity contribution < 1.29 is 9.13 Å². The lowest BCUT2D eigenvalue weighted by molar-refractivity contribution is -0.720. The van der Waals surface area contributed by atoms with Crippen molar-refractivity contribution >= 4 is 19.0 Å². The zero-order chi connectivity index (χ0) is 32.4. The van der Waals surface area contributed by atoms with E-state index in [1.54, 1.807) is 16.3 Å². The van der Waals surface area contributed by atoms with Crippen LogP contribution in [0.3, 0.4) is 0 Å². The van der Waals surface area contributed by atoms with Gasteiger partial charge in [0, 0.05) is 34.9 Å². The van der Waals surface area contributed by atoms with Gasteiger partial charge in [0.2, 0.25) is 5.69 Å². The van der Waals surface area contributed by atoms with Gasteiger partial charge < -0.3 is 0 Å². The topological polar surface area (TPSA) is 7.76 Å². The van der Waals surface area contributed by atoms with E-state index in [1.807, 2.05) is 0 Å². The van der Waals surface area contributed by atoms with Crippen LogP contribution >= 0.6 is 0 Å². The summed E-state index contributed by atoms with van der Waals surface area (Å²) in [5.74, 6) is 2.71. The predicted octanol–water partition coefficient (Wildman–Crippen LogP) is 10.2. The molecule has 0 radical (unpaired) electrons. The molecular weight excluding hydrogens is 573 g/mol. The summed E-state index contributed by atoms with van der Waals surface area (Å²) in [5.41, 5.74) is 10.1. The quantitative estimate of drug-likeness (QED) is 0.107. The lowest BCUT2D eigenvalue weighted by Crippen LogP contribution is -2.54. The third-order valence-electron chi connectivity index (χ3n) is 11.5. The molecule has 2 aliphatic carbocycles. The van der Waals surface area contributed by atoms with E-state index in [0.717, 1.165) is 18.8 Å². The first kappa shape index (κ1) is 33.1. The van der Waals surface area contributed by atoms with Gasteiger partial charge in [-0.3, -0.25) is 0 Å². The lowest BCUT2D eigenvalue weighted by Gasteiger charge is -2.33. The van der Waals surface area contributed by atoms with Crippen molar-refractivity contribution in [3.63, 3.8) is 0 Å². The van der Waals surface area contributed by atoms with Crippen molar-refractivity contribution in [2.45, 2.75) is 135 Å². The maximum atomic E-state index is 4.83. The molecule has 1 aliphatic heterocycles. The van der Waals surface area contributed by atoms with Gasteiger partial charge in [-0.05, 0) is 72.8 Å². The van der Waals surface area contributed by atoms with Crippen LogP contribution in [-0.4, -0.2) is 8.07 Å². The molecule has 2 atom stereocenters. The summed E-state index contributed by atoms with van der Waals surface area (Å²) in [4.78, 5) is 0. The van der Waals surface area contributed by atoms with Gasteiger partial charge in [0.15, 0.2) is 29.8 Å². The molecule has 3 heteroatoms. The van der Waals surface area contributed by atoms with E-state index in [9.17, 15) is 0 Å². The Hall–Kier alpha value is -2.78. The molecule has 2 saturated carbocycles. The van der Waals surface area contributed by atoms with Gasteiger partial charge in [-0.15, -0.1) is 6.58 Å². The second-order valence-electron chi connectivity index (χ2n) is 16.4. The number of benzene rings is 1. The Kier molecular flexibility index (Phi) is 10.2. The highest BCUT2D eigenvalue weighted by molar-refractivity contribution is 6.89. The first-order valence-electron chi connectivity index (χ1n) is 18.7. The van der Waals surface area contributed by atoms with Gasteiger partial charge in [-0.1, -0.05) is 103 Å². The number of pyridine rings is 2. The molecule has 3 aliphatic rings. The fourth-order valence-corrected chi connectivity index (χ4v) is 10.7. The molecule has 2 unspecified atom stereocenters. The highest BCUT2D eigenvalue weighted by Crippen LogP contribution is 2.45. The SMILES string of the molecule is C=CCc1cc(CC2CCCC2)cc[n+]1C(=C)CC1C(CCC(C)C)c2ccccc2-c2cc(C3CCCC3)c([Si](C)(C)C)c[n+]21. The van der Waals surface area contributed by atoms with Crippen molar-refractivity contribution in [3.8, 4) is 11.3 Å². The van der Waals surface area contributed by atoms with Gasteiger partial charge in [-0.25, -0.2) is 0 Å². The number of aromatic nitrogens is 2. The van der Waals surface area contributed by atoms with Crippen molar-refractivity contribution in [1.29, 1.82) is 0 Å². The Morgan fingerprint density at radius 3 is 2.37 bits per heavy atom. The number of hydrogen-bond acceptors (Lipinski definition) is 0. The van der Waals surface area contributed by atoms with Gasteiger partial charge >= 0.3 is 0 Å². The molecule has 244 valence electrons. The number of hydrogen-bond donors (Lipinski definition) is 0. The highest BCUT2D eigenvalue weighted by atomic mass is 28.3. The largest absolute Gasteiger partial charge is 0.213 e. The molecule has 2 fully saturated rings. The fraction of sp³-hybridized carbons (Fsp3) is 0.535. The third-order valence-corrected chi connectivity index (χ3v) is 13.5. The predicted molar refractivity (Wildman–Crippen MR) is 198 cm³/mol. The molecule has 2 nitrogen and oxygen atoms in total. The fourth-order valence-electron chi connectivity index (χ4n) is 9.06. The number of fused-ring (bicyclic) bond motifs is 3. The monoisotopic (exact) mass is 632 g/mol. The number of allylic oxidation sites excluding steroid dienone is 2. The molecule has 0 N–H and O–H groups in total. The maximum Gasteiger partial charge on any atom is 0.213 e.